The fourth-order valence-electron chi connectivity index (χ4n) is 1.69. The summed E-state index contributed by atoms with van der Waals surface area (Å²) in [4.78, 5) is 25.5. The molecule has 0 aliphatic rings. The quantitative estimate of drug-likeness (QED) is 0.833. The van der Waals surface area contributed by atoms with Gasteiger partial charge in [0.25, 0.3) is 5.91 Å². The van der Waals surface area contributed by atoms with Gasteiger partial charge in [-0.25, -0.2) is 0 Å². The number of benzene rings is 1. The van der Waals surface area contributed by atoms with E-state index in [-0.39, 0.29) is 18.4 Å². The van der Waals surface area contributed by atoms with E-state index >= 15 is 0 Å². The van der Waals surface area contributed by atoms with E-state index in [1.165, 1.54) is 7.11 Å². The Hall–Kier alpha value is -1.92. The molecule has 0 aliphatic heterocycles. The van der Waals surface area contributed by atoms with Gasteiger partial charge in [0.15, 0.2) is 0 Å². The van der Waals surface area contributed by atoms with E-state index in [2.05, 4.69) is 10.6 Å². The molecule has 6 heteroatoms. The normalized spacial score (nSPS) is 12.1. The first-order chi connectivity index (χ1) is 9.83. The van der Waals surface area contributed by atoms with Crippen LogP contribution in [0.5, 0.6) is 0 Å². The highest BCUT2D eigenvalue weighted by atomic mass is 16.5. The summed E-state index contributed by atoms with van der Waals surface area (Å²) < 4.78 is 4.98. The number of likely N-dealkylation sites (N-methyl/N-ethyl adjacent to an activating group) is 1. The van der Waals surface area contributed by atoms with Crippen LogP contribution in [0.2, 0.25) is 0 Å². The van der Waals surface area contributed by atoms with Crippen molar-refractivity contribution in [2.24, 2.45) is 0 Å². The lowest BCUT2D eigenvalue weighted by atomic mass is 10.2. The molecule has 0 saturated carbocycles. The van der Waals surface area contributed by atoms with E-state index in [1.807, 2.05) is 33.2 Å². The average molecular weight is 293 g/mol. The van der Waals surface area contributed by atoms with E-state index in [0.29, 0.717) is 11.4 Å². The van der Waals surface area contributed by atoms with Gasteiger partial charge in [0.1, 0.15) is 6.10 Å². The van der Waals surface area contributed by atoms with Crippen LogP contribution < -0.4 is 10.6 Å². The minimum absolute atomic E-state index is 0.140. The molecule has 0 radical (unpaired) electrons. The summed E-state index contributed by atoms with van der Waals surface area (Å²) in [5, 5.41) is 5.56. The lowest BCUT2D eigenvalue weighted by molar-refractivity contribution is -0.124. The minimum atomic E-state index is -0.559. The second-order valence-corrected chi connectivity index (χ2v) is 5.20. The number of carbonyl (C=O) groups excluding carboxylic acids is 2. The Morgan fingerprint density at radius 1 is 1.24 bits per heavy atom. The van der Waals surface area contributed by atoms with Gasteiger partial charge in [-0.1, -0.05) is 6.07 Å². The summed E-state index contributed by atoms with van der Waals surface area (Å²) in [6, 6.07) is 5.46. The molecule has 2 amide bonds. The fourth-order valence-corrected chi connectivity index (χ4v) is 1.69. The topological polar surface area (TPSA) is 70.7 Å². The molecule has 1 unspecified atom stereocenters. The molecule has 0 bridgehead atoms. The zero-order valence-electron chi connectivity index (χ0n) is 13.2. The van der Waals surface area contributed by atoms with E-state index in [0.717, 1.165) is 5.56 Å². The van der Waals surface area contributed by atoms with Gasteiger partial charge in [0.2, 0.25) is 5.91 Å². The van der Waals surface area contributed by atoms with E-state index < -0.39 is 6.10 Å². The maximum atomic E-state index is 11.9. The number of rotatable bonds is 6. The highest BCUT2D eigenvalue weighted by molar-refractivity contribution is 6.01. The molecule has 0 spiro atoms. The molecule has 1 aromatic carbocycles. The molecule has 2 N–H and O–H groups in total. The maximum Gasteiger partial charge on any atom is 0.253 e. The van der Waals surface area contributed by atoms with Gasteiger partial charge >= 0.3 is 0 Å². The van der Waals surface area contributed by atoms with Crippen LogP contribution >= 0.6 is 0 Å². The highest BCUT2D eigenvalue weighted by Gasteiger charge is 2.15. The Labute approximate surface area is 125 Å². The van der Waals surface area contributed by atoms with Crippen molar-refractivity contribution in [2.45, 2.75) is 20.0 Å². The van der Waals surface area contributed by atoms with Gasteiger partial charge < -0.3 is 20.3 Å². The summed E-state index contributed by atoms with van der Waals surface area (Å²) in [5.74, 6) is -0.398. The van der Waals surface area contributed by atoms with Crippen LogP contribution in [0.3, 0.4) is 0 Å². The molecule has 0 fully saturated rings. The molecule has 1 rings (SSSR count). The lowest BCUT2D eigenvalue weighted by Gasteiger charge is -2.16. The zero-order chi connectivity index (χ0) is 16.0. The Morgan fingerprint density at radius 3 is 2.48 bits per heavy atom. The van der Waals surface area contributed by atoms with Crippen LogP contribution in [-0.2, 0) is 14.3 Å². The summed E-state index contributed by atoms with van der Waals surface area (Å²) in [6.07, 6.45) is -0.559. The zero-order valence-corrected chi connectivity index (χ0v) is 13.2. The number of methoxy groups -OCH3 is 1. The molecule has 0 aromatic heterocycles. The molecule has 0 saturated heterocycles. The summed E-state index contributed by atoms with van der Waals surface area (Å²) in [5.41, 5.74) is 2.13. The molecule has 116 valence electrons. The van der Waals surface area contributed by atoms with Crippen LogP contribution in [0.25, 0.3) is 0 Å². The summed E-state index contributed by atoms with van der Waals surface area (Å²) in [7, 11) is 5.11. The molecule has 6 nitrogen and oxygen atoms in total. The maximum absolute atomic E-state index is 11.9. The third kappa shape index (κ3) is 5.53. The molecule has 1 aromatic rings. The number of ether oxygens (including phenoxy) is 1. The summed E-state index contributed by atoms with van der Waals surface area (Å²) in [6.45, 7) is 3.85. The van der Waals surface area contributed by atoms with E-state index in [9.17, 15) is 9.59 Å². The second-order valence-electron chi connectivity index (χ2n) is 5.20. The van der Waals surface area contributed by atoms with Crippen LogP contribution in [0, 0.1) is 6.92 Å². The molecule has 0 heterocycles. The van der Waals surface area contributed by atoms with Crippen molar-refractivity contribution in [3.8, 4) is 0 Å². The van der Waals surface area contributed by atoms with Gasteiger partial charge in [0.05, 0.1) is 17.9 Å². The number of amides is 2. The lowest BCUT2D eigenvalue weighted by Crippen LogP contribution is -2.29. The van der Waals surface area contributed by atoms with Crippen molar-refractivity contribution in [2.75, 3.05) is 38.4 Å². The SMILES string of the molecule is COC(C)C(=O)Nc1cc(C)ccc1NC(=O)CN(C)C. The molecule has 21 heavy (non-hydrogen) atoms. The van der Waals surface area contributed by atoms with Gasteiger partial charge in [-0.2, -0.15) is 0 Å². The third-order valence-corrected chi connectivity index (χ3v) is 2.89. The number of carbonyl (C=O) groups is 2. The van der Waals surface area contributed by atoms with Crippen molar-refractivity contribution >= 4 is 23.2 Å². The summed E-state index contributed by atoms with van der Waals surface area (Å²) >= 11 is 0. The largest absolute Gasteiger partial charge is 0.372 e. The number of anilines is 2. The fraction of sp³-hybridized carbons (Fsp3) is 0.467. The van der Waals surface area contributed by atoms with Crippen molar-refractivity contribution in [1.82, 2.24) is 4.90 Å². The van der Waals surface area contributed by atoms with Crippen LogP contribution in [-0.4, -0.2) is 50.6 Å². The Balaban J connectivity index is 2.89. The number of nitrogens with one attached hydrogen (secondary N) is 2. The molecular formula is C15H23N3O3. The Bertz CT molecular complexity index is 515. The number of aryl methyl sites for hydroxylation is 1. The van der Waals surface area contributed by atoms with Gasteiger partial charge in [-0.05, 0) is 45.6 Å². The first-order valence-electron chi connectivity index (χ1n) is 6.72. The van der Waals surface area contributed by atoms with Gasteiger partial charge in [-0.15, -0.1) is 0 Å². The Morgan fingerprint density at radius 2 is 1.90 bits per heavy atom. The van der Waals surface area contributed by atoms with Crippen molar-refractivity contribution in [1.29, 1.82) is 0 Å². The van der Waals surface area contributed by atoms with Crippen LogP contribution in [0.1, 0.15) is 12.5 Å². The first-order valence-corrected chi connectivity index (χ1v) is 6.72. The number of nitrogens with zero attached hydrogens (tertiary/aromatic N) is 1. The highest BCUT2D eigenvalue weighted by Crippen LogP contribution is 2.23. The second kappa shape index (κ2) is 7.75. The molecular weight excluding hydrogens is 270 g/mol. The van der Waals surface area contributed by atoms with E-state index in [1.54, 1.807) is 17.9 Å². The smallest absolute Gasteiger partial charge is 0.253 e. The standard InChI is InChI=1S/C15H23N3O3/c1-10-6-7-12(16-14(19)9-18(3)4)13(8-10)17-15(20)11(2)21-5/h6-8,11H,9H2,1-5H3,(H,16,19)(H,17,20). The predicted octanol–water partition coefficient (Wildman–Crippen LogP) is 1.47. The van der Waals surface area contributed by atoms with Crippen molar-refractivity contribution in [3.05, 3.63) is 23.8 Å². The van der Waals surface area contributed by atoms with Gasteiger partial charge in [0, 0.05) is 7.11 Å². The van der Waals surface area contributed by atoms with Crippen molar-refractivity contribution in [3.63, 3.8) is 0 Å². The van der Waals surface area contributed by atoms with Crippen LogP contribution in [0.15, 0.2) is 18.2 Å². The third-order valence-electron chi connectivity index (χ3n) is 2.89. The number of hydrogen-bond acceptors (Lipinski definition) is 4. The van der Waals surface area contributed by atoms with Crippen LogP contribution in [0.4, 0.5) is 11.4 Å². The molecule has 0 aliphatic carbocycles. The van der Waals surface area contributed by atoms with Gasteiger partial charge in [-0.3, -0.25) is 9.59 Å². The average Bonchev–Trinajstić information content (AvgIpc) is 2.39. The Kier molecular flexibility index (Phi) is 6.33. The van der Waals surface area contributed by atoms with Crippen molar-refractivity contribution < 1.29 is 14.3 Å². The van der Waals surface area contributed by atoms with E-state index in [4.69, 9.17) is 4.74 Å². The predicted molar refractivity (Wildman–Crippen MR) is 83.5 cm³/mol. The first kappa shape index (κ1) is 17.1. The number of hydrogen-bond donors (Lipinski definition) is 2. The monoisotopic (exact) mass is 293 g/mol. The minimum Gasteiger partial charge on any atom is -0.372 e. The molecule has 1 atom stereocenters.